The fourth-order valence-electron chi connectivity index (χ4n) is 3.33. The highest BCUT2D eigenvalue weighted by atomic mass is 16.5. The SMILES string of the molecule is [C-]#[N+]c1ccc(-c2ccc(N(Cc3ccc(C(C)(C)C)cc3)C(=O)C(=O)OC)cc2)cc1. The maximum Gasteiger partial charge on any atom is 0.397 e. The quantitative estimate of drug-likeness (QED) is 0.296. The molecule has 0 unspecified atom stereocenters. The molecule has 0 saturated heterocycles. The number of benzene rings is 3. The van der Waals surface area contributed by atoms with E-state index in [1.807, 2.05) is 60.7 Å². The molecule has 0 N–H and O–H groups in total. The van der Waals surface area contributed by atoms with Gasteiger partial charge in [-0.3, -0.25) is 9.69 Å². The molecule has 32 heavy (non-hydrogen) atoms. The standard InChI is InChI=1S/C27H26N2O3/c1-27(2,3)22-12-6-19(7-13-22)18-29(25(30)26(31)32-5)24-16-10-21(11-17-24)20-8-14-23(28-4)15-9-20/h6-17H,18H2,1-3,5H3. The third-order valence-electron chi connectivity index (χ3n) is 5.27. The van der Waals surface area contributed by atoms with Crippen LogP contribution in [-0.2, 0) is 26.3 Å². The molecule has 0 aliphatic carbocycles. The van der Waals surface area contributed by atoms with Crippen molar-refractivity contribution in [2.75, 3.05) is 12.0 Å². The van der Waals surface area contributed by atoms with Gasteiger partial charge in [0, 0.05) is 5.69 Å². The number of hydrogen-bond acceptors (Lipinski definition) is 3. The van der Waals surface area contributed by atoms with E-state index in [2.05, 4.69) is 30.4 Å². The van der Waals surface area contributed by atoms with Crippen LogP contribution < -0.4 is 4.90 Å². The summed E-state index contributed by atoms with van der Waals surface area (Å²) in [6.45, 7) is 13.8. The maximum atomic E-state index is 12.8. The zero-order chi connectivity index (χ0) is 23.3. The fraction of sp³-hybridized carbons (Fsp3) is 0.222. The Morgan fingerprint density at radius 2 is 1.41 bits per heavy atom. The van der Waals surface area contributed by atoms with E-state index < -0.39 is 11.9 Å². The first-order valence-corrected chi connectivity index (χ1v) is 10.3. The minimum atomic E-state index is -0.907. The highest BCUT2D eigenvalue weighted by molar-refractivity contribution is 6.38. The normalized spacial score (nSPS) is 10.8. The predicted octanol–water partition coefficient (Wildman–Crippen LogP) is 5.91. The number of anilines is 1. The van der Waals surface area contributed by atoms with Gasteiger partial charge in [-0.05, 0) is 39.8 Å². The van der Waals surface area contributed by atoms with Crippen molar-refractivity contribution in [3.63, 3.8) is 0 Å². The Labute approximate surface area is 189 Å². The number of rotatable bonds is 4. The van der Waals surface area contributed by atoms with Crippen LogP contribution in [0.4, 0.5) is 11.4 Å². The highest BCUT2D eigenvalue weighted by Gasteiger charge is 2.24. The smallest absolute Gasteiger partial charge is 0.397 e. The topological polar surface area (TPSA) is 51.0 Å². The monoisotopic (exact) mass is 426 g/mol. The van der Waals surface area contributed by atoms with Crippen molar-refractivity contribution in [2.24, 2.45) is 0 Å². The van der Waals surface area contributed by atoms with Crippen molar-refractivity contribution in [1.29, 1.82) is 0 Å². The Morgan fingerprint density at radius 1 is 0.875 bits per heavy atom. The summed E-state index contributed by atoms with van der Waals surface area (Å²) in [5.74, 6) is -1.63. The molecule has 0 spiro atoms. The first kappa shape index (κ1) is 22.8. The van der Waals surface area contributed by atoms with E-state index in [0.29, 0.717) is 11.4 Å². The van der Waals surface area contributed by atoms with E-state index in [-0.39, 0.29) is 12.0 Å². The Morgan fingerprint density at radius 3 is 1.88 bits per heavy atom. The van der Waals surface area contributed by atoms with Crippen LogP contribution >= 0.6 is 0 Å². The summed E-state index contributed by atoms with van der Waals surface area (Å²) in [5, 5.41) is 0. The van der Waals surface area contributed by atoms with Crippen LogP contribution in [0.1, 0.15) is 31.9 Å². The second-order valence-electron chi connectivity index (χ2n) is 8.54. The summed E-state index contributed by atoms with van der Waals surface area (Å²) < 4.78 is 4.68. The minimum Gasteiger partial charge on any atom is -0.462 e. The number of methoxy groups -OCH3 is 1. The fourth-order valence-corrected chi connectivity index (χ4v) is 3.33. The zero-order valence-corrected chi connectivity index (χ0v) is 18.8. The summed E-state index contributed by atoms with van der Waals surface area (Å²) >= 11 is 0. The second kappa shape index (κ2) is 9.49. The van der Waals surface area contributed by atoms with Gasteiger partial charge < -0.3 is 4.74 Å². The number of carbonyl (C=O) groups excluding carboxylic acids is 2. The second-order valence-corrected chi connectivity index (χ2v) is 8.54. The summed E-state index contributed by atoms with van der Waals surface area (Å²) in [6.07, 6.45) is 0. The lowest BCUT2D eigenvalue weighted by molar-refractivity contribution is -0.151. The first-order chi connectivity index (χ1) is 15.2. The third-order valence-corrected chi connectivity index (χ3v) is 5.27. The molecule has 162 valence electrons. The Hall–Kier alpha value is -3.91. The van der Waals surface area contributed by atoms with Crippen LogP contribution in [0.15, 0.2) is 72.8 Å². The summed E-state index contributed by atoms with van der Waals surface area (Å²) in [7, 11) is 1.20. The Bertz CT molecular complexity index is 1130. The number of esters is 1. The third kappa shape index (κ3) is 5.22. The molecule has 0 radical (unpaired) electrons. The molecule has 3 rings (SSSR count). The van der Waals surface area contributed by atoms with Gasteiger partial charge >= 0.3 is 11.9 Å². The Balaban J connectivity index is 1.89. The molecule has 5 nitrogen and oxygen atoms in total. The van der Waals surface area contributed by atoms with Crippen molar-refractivity contribution in [2.45, 2.75) is 32.7 Å². The summed E-state index contributed by atoms with van der Waals surface area (Å²) in [4.78, 5) is 29.6. The molecule has 0 heterocycles. The van der Waals surface area contributed by atoms with Crippen LogP contribution in [0.3, 0.4) is 0 Å². The van der Waals surface area contributed by atoms with E-state index in [1.165, 1.54) is 17.6 Å². The van der Waals surface area contributed by atoms with Crippen LogP contribution in [-0.4, -0.2) is 19.0 Å². The molecule has 5 heteroatoms. The van der Waals surface area contributed by atoms with Gasteiger partial charge in [0.1, 0.15) is 0 Å². The van der Waals surface area contributed by atoms with Gasteiger partial charge in [0.05, 0.1) is 20.2 Å². The molecular weight excluding hydrogens is 400 g/mol. The molecule has 0 saturated carbocycles. The largest absolute Gasteiger partial charge is 0.462 e. The summed E-state index contributed by atoms with van der Waals surface area (Å²) in [5.41, 5.74) is 5.23. The van der Waals surface area contributed by atoms with Gasteiger partial charge in [-0.15, -0.1) is 0 Å². The van der Waals surface area contributed by atoms with Crippen LogP contribution in [0.25, 0.3) is 16.0 Å². The molecule has 0 atom stereocenters. The average molecular weight is 427 g/mol. The van der Waals surface area contributed by atoms with Crippen molar-refractivity contribution in [3.05, 3.63) is 95.3 Å². The number of amides is 1. The molecular formula is C27H26N2O3. The van der Waals surface area contributed by atoms with Crippen LogP contribution in [0, 0.1) is 6.57 Å². The molecule has 0 aliphatic rings. The van der Waals surface area contributed by atoms with Crippen molar-refractivity contribution in [3.8, 4) is 11.1 Å². The lowest BCUT2D eigenvalue weighted by atomic mass is 9.87. The number of ether oxygens (including phenoxy) is 1. The van der Waals surface area contributed by atoms with Gasteiger partial charge in [0.2, 0.25) is 0 Å². The van der Waals surface area contributed by atoms with Gasteiger partial charge in [0.15, 0.2) is 5.69 Å². The predicted molar refractivity (Wildman–Crippen MR) is 126 cm³/mol. The molecule has 0 aliphatic heterocycles. The molecule has 1 amide bonds. The van der Waals surface area contributed by atoms with E-state index in [1.54, 1.807) is 12.1 Å². The van der Waals surface area contributed by atoms with Gasteiger partial charge in [-0.2, -0.15) is 0 Å². The van der Waals surface area contributed by atoms with E-state index in [4.69, 9.17) is 6.57 Å². The van der Waals surface area contributed by atoms with Crippen molar-refractivity contribution in [1.82, 2.24) is 0 Å². The highest BCUT2D eigenvalue weighted by Crippen LogP contribution is 2.27. The molecule has 3 aromatic rings. The first-order valence-electron chi connectivity index (χ1n) is 10.3. The van der Waals surface area contributed by atoms with Crippen LogP contribution in [0.5, 0.6) is 0 Å². The van der Waals surface area contributed by atoms with Crippen molar-refractivity contribution < 1.29 is 14.3 Å². The molecule has 3 aromatic carbocycles. The zero-order valence-electron chi connectivity index (χ0n) is 18.8. The minimum absolute atomic E-state index is 0.0306. The van der Waals surface area contributed by atoms with Crippen molar-refractivity contribution >= 4 is 23.3 Å². The number of hydrogen-bond donors (Lipinski definition) is 0. The van der Waals surface area contributed by atoms with Gasteiger partial charge in [0.25, 0.3) is 0 Å². The molecule has 0 bridgehead atoms. The average Bonchev–Trinajstić information content (AvgIpc) is 2.81. The van der Waals surface area contributed by atoms with E-state index in [9.17, 15) is 9.59 Å². The van der Waals surface area contributed by atoms with Gasteiger partial charge in [-0.25, -0.2) is 9.64 Å². The summed E-state index contributed by atoms with van der Waals surface area (Å²) in [6, 6.07) is 22.8. The van der Waals surface area contributed by atoms with Gasteiger partial charge in [-0.1, -0.05) is 81.4 Å². The Kier molecular flexibility index (Phi) is 6.75. The maximum absolute atomic E-state index is 12.8. The number of carbonyl (C=O) groups is 2. The van der Waals surface area contributed by atoms with Crippen LogP contribution in [0.2, 0.25) is 0 Å². The molecule has 0 aromatic heterocycles. The van der Waals surface area contributed by atoms with E-state index in [0.717, 1.165) is 16.7 Å². The molecule has 0 fully saturated rings. The number of nitrogens with zero attached hydrogens (tertiary/aromatic N) is 2. The lowest BCUT2D eigenvalue weighted by Gasteiger charge is -2.23. The van der Waals surface area contributed by atoms with E-state index >= 15 is 0 Å². The lowest BCUT2D eigenvalue weighted by Crippen LogP contribution is -2.36.